The molecule has 0 aliphatic heterocycles. The SMILES string of the molecule is C=C(C=CCC)OCCCC. The topological polar surface area (TPSA) is 9.23 Å². The van der Waals surface area contributed by atoms with E-state index in [0.717, 1.165) is 25.2 Å². The summed E-state index contributed by atoms with van der Waals surface area (Å²) < 4.78 is 5.30. The lowest BCUT2D eigenvalue weighted by Crippen LogP contribution is -1.90. The molecule has 0 saturated heterocycles. The second-order valence-corrected chi connectivity index (χ2v) is 2.48. The van der Waals surface area contributed by atoms with Gasteiger partial charge in [-0.25, -0.2) is 0 Å². The maximum atomic E-state index is 5.30. The predicted molar refractivity (Wildman–Crippen MR) is 49.4 cm³/mol. The van der Waals surface area contributed by atoms with E-state index in [0.29, 0.717) is 0 Å². The third-order valence-electron chi connectivity index (χ3n) is 1.32. The minimum Gasteiger partial charge on any atom is -0.494 e. The fourth-order valence-corrected chi connectivity index (χ4v) is 0.645. The second-order valence-electron chi connectivity index (χ2n) is 2.48. The molecule has 64 valence electrons. The first-order valence-corrected chi connectivity index (χ1v) is 4.29. The van der Waals surface area contributed by atoms with Crippen LogP contribution in [0.3, 0.4) is 0 Å². The molecule has 0 fully saturated rings. The van der Waals surface area contributed by atoms with Gasteiger partial charge < -0.3 is 4.74 Å². The Morgan fingerprint density at radius 2 is 2.18 bits per heavy atom. The zero-order chi connectivity index (χ0) is 8.53. The summed E-state index contributed by atoms with van der Waals surface area (Å²) in [5.41, 5.74) is 0. The van der Waals surface area contributed by atoms with Crippen molar-refractivity contribution in [1.82, 2.24) is 0 Å². The molecule has 0 amide bonds. The van der Waals surface area contributed by atoms with E-state index in [1.165, 1.54) is 6.42 Å². The van der Waals surface area contributed by atoms with Crippen LogP contribution in [0.25, 0.3) is 0 Å². The summed E-state index contributed by atoms with van der Waals surface area (Å²) >= 11 is 0. The van der Waals surface area contributed by atoms with Gasteiger partial charge in [0.05, 0.1) is 6.61 Å². The quantitative estimate of drug-likeness (QED) is 0.324. The number of allylic oxidation sites excluding steroid dienone is 2. The van der Waals surface area contributed by atoms with Crippen LogP contribution in [0.4, 0.5) is 0 Å². The molecule has 0 rings (SSSR count). The Bertz CT molecular complexity index is 125. The molecule has 0 aromatic carbocycles. The lowest BCUT2D eigenvalue weighted by atomic mass is 10.3. The lowest BCUT2D eigenvalue weighted by Gasteiger charge is -2.02. The fraction of sp³-hybridized carbons (Fsp3) is 0.600. The molecule has 0 unspecified atom stereocenters. The third-order valence-corrected chi connectivity index (χ3v) is 1.32. The molecule has 0 spiro atoms. The highest BCUT2D eigenvalue weighted by Gasteiger charge is 1.86. The summed E-state index contributed by atoms with van der Waals surface area (Å²) in [6, 6.07) is 0. The van der Waals surface area contributed by atoms with E-state index in [1.807, 2.05) is 12.2 Å². The molecule has 0 aromatic heterocycles. The molecule has 0 aromatic rings. The molecular formula is C10H18O. The zero-order valence-electron chi connectivity index (χ0n) is 7.60. The molecule has 0 bridgehead atoms. The summed E-state index contributed by atoms with van der Waals surface area (Å²) in [6.45, 7) is 8.79. The highest BCUT2D eigenvalue weighted by Crippen LogP contribution is 1.99. The Labute approximate surface area is 69.8 Å². The smallest absolute Gasteiger partial charge is 0.111 e. The van der Waals surface area contributed by atoms with Crippen molar-refractivity contribution in [1.29, 1.82) is 0 Å². The number of hydrogen-bond acceptors (Lipinski definition) is 1. The van der Waals surface area contributed by atoms with Gasteiger partial charge in [-0.15, -0.1) is 0 Å². The third kappa shape index (κ3) is 7.17. The first-order chi connectivity index (χ1) is 5.31. The second kappa shape index (κ2) is 7.39. The van der Waals surface area contributed by atoms with E-state index in [4.69, 9.17) is 4.74 Å². The predicted octanol–water partition coefficient (Wildman–Crippen LogP) is 3.28. The molecule has 1 heteroatoms. The van der Waals surface area contributed by atoms with Crippen molar-refractivity contribution in [2.24, 2.45) is 0 Å². The summed E-state index contributed by atoms with van der Waals surface area (Å²) in [7, 11) is 0. The standard InChI is InChI=1S/C10H18O/c1-4-6-8-10(3)11-9-7-5-2/h6,8H,3-5,7,9H2,1-2H3. The van der Waals surface area contributed by atoms with Gasteiger partial charge in [0.25, 0.3) is 0 Å². The molecule has 0 heterocycles. The van der Waals surface area contributed by atoms with Crippen molar-refractivity contribution >= 4 is 0 Å². The van der Waals surface area contributed by atoms with E-state index in [-0.39, 0.29) is 0 Å². The molecule has 0 aliphatic rings. The largest absolute Gasteiger partial charge is 0.494 e. The molecule has 11 heavy (non-hydrogen) atoms. The van der Waals surface area contributed by atoms with E-state index < -0.39 is 0 Å². The lowest BCUT2D eigenvalue weighted by molar-refractivity contribution is 0.221. The van der Waals surface area contributed by atoms with Gasteiger partial charge in [-0.2, -0.15) is 0 Å². The van der Waals surface area contributed by atoms with Gasteiger partial charge in [0.2, 0.25) is 0 Å². The first kappa shape index (κ1) is 10.3. The van der Waals surface area contributed by atoms with Gasteiger partial charge in [-0.05, 0) is 18.9 Å². The first-order valence-electron chi connectivity index (χ1n) is 4.29. The average Bonchev–Trinajstić information content (AvgIpc) is 2.01. The van der Waals surface area contributed by atoms with E-state index >= 15 is 0 Å². The van der Waals surface area contributed by atoms with Crippen molar-refractivity contribution < 1.29 is 4.74 Å². The highest BCUT2D eigenvalue weighted by molar-refractivity contribution is 5.06. The molecule has 0 radical (unpaired) electrons. The molecular weight excluding hydrogens is 136 g/mol. The Morgan fingerprint density at radius 1 is 1.45 bits per heavy atom. The van der Waals surface area contributed by atoms with Gasteiger partial charge >= 0.3 is 0 Å². The van der Waals surface area contributed by atoms with Crippen LogP contribution in [0.5, 0.6) is 0 Å². The summed E-state index contributed by atoms with van der Waals surface area (Å²) in [5, 5.41) is 0. The van der Waals surface area contributed by atoms with Crippen LogP contribution >= 0.6 is 0 Å². The van der Waals surface area contributed by atoms with Crippen molar-refractivity contribution in [3.05, 3.63) is 24.5 Å². The zero-order valence-corrected chi connectivity index (χ0v) is 7.60. The monoisotopic (exact) mass is 154 g/mol. The van der Waals surface area contributed by atoms with E-state index in [9.17, 15) is 0 Å². The minimum absolute atomic E-state index is 0.778. The maximum absolute atomic E-state index is 5.30. The van der Waals surface area contributed by atoms with Crippen molar-refractivity contribution in [2.75, 3.05) is 6.61 Å². The van der Waals surface area contributed by atoms with Crippen LogP contribution < -0.4 is 0 Å². The Kier molecular flexibility index (Phi) is 6.90. The van der Waals surface area contributed by atoms with Crippen molar-refractivity contribution in [3.8, 4) is 0 Å². The average molecular weight is 154 g/mol. The number of rotatable bonds is 6. The maximum Gasteiger partial charge on any atom is 0.111 e. The summed E-state index contributed by atoms with van der Waals surface area (Å²) in [4.78, 5) is 0. The van der Waals surface area contributed by atoms with Crippen molar-refractivity contribution in [3.63, 3.8) is 0 Å². The van der Waals surface area contributed by atoms with Crippen LogP contribution in [0.2, 0.25) is 0 Å². The number of hydrogen-bond donors (Lipinski definition) is 0. The van der Waals surface area contributed by atoms with E-state index in [1.54, 1.807) is 0 Å². The molecule has 0 N–H and O–H groups in total. The van der Waals surface area contributed by atoms with Gasteiger partial charge in [-0.3, -0.25) is 0 Å². The van der Waals surface area contributed by atoms with Crippen LogP contribution in [0, 0.1) is 0 Å². The summed E-state index contributed by atoms with van der Waals surface area (Å²) in [6.07, 6.45) is 7.30. The van der Waals surface area contributed by atoms with Crippen LogP contribution in [-0.2, 0) is 4.74 Å². The van der Waals surface area contributed by atoms with Crippen LogP contribution in [-0.4, -0.2) is 6.61 Å². The minimum atomic E-state index is 0.778. The van der Waals surface area contributed by atoms with Crippen LogP contribution in [0.15, 0.2) is 24.5 Å². The fourth-order valence-electron chi connectivity index (χ4n) is 0.645. The molecule has 0 aliphatic carbocycles. The Morgan fingerprint density at radius 3 is 2.73 bits per heavy atom. The molecule has 1 nitrogen and oxygen atoms in total. The van der Waals surface area contributed by atoms with Crippen molar-refractivity contribution in [2.45, 2.75) is 33.1 Å². The number of unbranched alkanes of at least 4 members (excludes halogenated alkanes) is 1. The number of ether oxygens (including phenoxy) is 1. The Balaban J connectivity index is 3.30. The van der Waals surface area contributed by atoms with E-state index in [2.05, 4.69) is 20.4 Å². The van der Waals surface area contributed by atoms with Crippen LogP contribution in [0.1, 0.15) is 33.1 Å². The molecule has 0 atom stereocenters. The highest BCUT2D eigenvalue weighted by atomic mass is 16.5. The van der Waals surface area contributed by atoms with Gasteiger partial charge in [0, 0.05) is 0 Å². The summed E-state index contributed by atoms with van der Waals surface area (Å²) in [5.74, 6) is 0.778. The van der Waals surface area contributed by atoms with Gasteiger partial charge in [0.1, 0.15) is 5.76 Å². The Hall–Kier alpha value is -0.720. The molecule has 0 saturated carbocycles. The van der Waals surface area contributed by atoms with Gasteiger partial charge in [0.15, 0.2) is 0 Å². The normalized spacial score (nSPS) is 10.4. The van der Waals surface area contributed by atoms with Gasteiger partial charge in [-0.1, -0.05) is 32.9 Å².